The molecule has 1 atom stereocenters. The highest BCUT2D eigenvalue weighted by atomic mass is 79.9. The largest absolute Gasteiger partial charge is 0.309 e. The minimum Gasteiger partial charge on any atom is -0.309 e. The normalized spacial score (nSPS) is 12.4. The molecule has 0 heterocycles. The van der Waals surface area contributed by atoms with Crippen LogP contribution in [0.5, 0.6) is 0 Å². The quantitative estimate of drug-likeness (QED) is 0.811. The number of benzene rings is 2. The van der Waals surface area contributed by atoms with Gasteiger partial charge in [-0.1, -0.05) is 59.6 Å². The van der Waals surface area contributed by atoms with Gasteiger partial charge in [-0.25, -0.2) is 0 Å². The maximum absolute atomic E-state index is 3.58. The van der Waals surface area contributed by atoms with E-state index in [1.165, 1.54) is 28.7 Å². The highest BCUT2D eigenvalue weighted by Crippen LogP contribution is 2.28. The van der Waals surface area contributed by atoms with Gasteiger partial charge < -0.3 is 5.32 Å². The molecule has 2 aromatic rings. The third-order valence-electron chi connectivity index (χ3n) is 3.66. The molecule has 2 aromatic carbocycles. The minimum absolute atomic E-state index is 0.240. The molecule has 1 nitrogen and oxygen atoms in total. The zero-order valence-electron chi connectivity index (χ0n) is 12.4. The van der Waals surface area contributed by atoms with Crippen LogP contribution in [0.15, 0.2) is 46.9 Å². The van der Waals surface area contributed by atoms with E-state index >= 15 is 0 Å². The maximum atomic E-state index is 3.58. The molecule has 0 amide bonds. The molecular weight excluding hydrogens is 310 g/mol. The minimum atomic E-state index is 0.240. The predicted molar refractivity (Wildman–Crippen MR) is 90.2 cm³/mol. The first-order chi connectivity index (χ1) is 9.65. The summed E-state index contributed by atoms with van der Waals surface area (Å²) in [4.78, 5) is 0. The smallest absolute Gasteiger partial charge is 0.0577 e. The molecule has 1 unspecified atom stereocenters. The first-order valence-electron chi connectivity index (χ1n) is 7.18. The van der Waals surface area contributed by atoms with Gasteiger partial charge in [0.2, 0.25) is 0 Å². The van der Waals surface area contributed by atoms with E-state index in [1.807, 2.05) is 7.05 Å². The van der Waals surface area contributed by atoms with E-state index in [2.05, 4.69) is 77.6 Å². The summed E-state index contributed by atoms with van der Waals surface area (Å²) in [5, 5.41) is 3.45. The van der Waals surface area contributed by atoms with Crippen LogP contribution in [0.25, 0.3) is 0 Å². The van der Waals surface area contributed by atoms with Gasteiger partial charge in [-0.3, -0.25) is 0 Å². The van der Waals surface area contributed by atoms with Gasteiger partial charge in [0, 0.05) is 4.47 Å². The first kappa shape index (κ1) is 15.3. The number of aryl methyl sites for hydroxylation is 2. The van der Waals surface area contributed by atoms with Crippen molar-refractivity contribution in [3.05, 3.63) is 69.2 Å². The molecule has 0 aliphatic rings. The lowest BCUT2D eigenvalue weighted by Crippen LogP contribution is -2.18. The molecule has 106 valence electrons. The van der Waals surface area contributed by atoms with Crippen LogP contribution in [0.4, 0.5) is 0 Å². The van der Waals surface area contributed by atoms with E-state index in [9.17, 15) is 0 Å². The Morgan fingerprint density at radius 1 is 1.15 bits per heavy atom. The van der Waals surface area contributed by atoms with E-state index in [0.29, 0.717) is 0 Å². The fraction of sp³-hybridized carbons (Fsp3) is 0.333. The lowest BCUT2D eigenvalue weighted by molar-refractivity contribution is 0.685. The van der Waals surface area contributed by atoms with Crippen molar-refractivity contribution >= 4 is 15.9 Å². The van der Waals surface area contributed by atoms with Crippen molar-refractivity contribution in [2.45, 2.75) is 32.7 Å². The zero-order valence-corrected chi connectivity index (χ0v) is 14.0. The summed E-state index contributed by atoms with van der Waals surface area (Å²) in [6.07, 6.45) is 2.32. The summed E-state index contributed by atoms with van der Waals surface area (Å²) < 4.78 is 1.13. The second-order valence-corrected chi connectivity index (χ2v) is 6.13. The molecule has 0 radical (unpaired) electrons. The number of hydrogen-bond acceptors (Lipinski definition) is 1. The molecule has 0 aliphatic carbocycles. The second kappa shape index (κ2) is 7.05. The van der Waals surface area contributed by atoms with Crippen LogP contribution in [0.1, 0.15) is 41.6 Å². The molecule has 0 saturated heterocycles. The Balaban J connectivity index is 2.41. The fourth-order valence-corrected chi connectivity index (χ4v) is 3.02. The van der Waals surface area contributed by atoms with Crippen LogP contribution in [0.2, 0.25) is 0 Å². The van der Waals surface area contributed by atoms with Crippen LogP contribution in [-0.4, -0.2) is 7.05 Å². The summed E-state index contributed by atoms with van der Waals surface area (Å²) in [5.74, 6) is 0. The van der Waals surface area contributed by atoms with Gasteiger partial charge in [0.05, 0.1) is 6.04 Å². The highest BCUT2D eigenvalue weighted by molar-refractivity contribution is 9.10. The van der Waals surface area contributed by atoms with Gasteiger partial charge in [-0.05, 0) is 54.8 Å². The van der Waals surface area contributed by atoms with Crippen molar-refractivity contribution in [1.29, 1.82) is 0 Å². The Hall–Kier alpha value is -1.12. The van der Waals surface area contributed by atoms with Gasteiger partial charge in [0.15, 0.2) is 0 Å². The van der Waals surface area contributed by atoms with Crippen LogP contribution in [0, 0.1) is 6.92 Å². The Bertz CT molecular complexity index is 577. The van der Waals surface area contributed by atoms with Gasteiger partial charge in [-0.2, -0.15) is 0 Å². The number of halogens is 1. The summed E-state index contributed by atoms with van der Waals surface area (Å²) in [6.45, 7) is 4.39. The summed E-state index contributed by atoms with van der Waals surface area (Å²) in [6, 6.07) is 15.6. The van der Waals surface area contributed by atoms with E-state index in [-0.39, 0.29) is 6.04 Å². The van der Waals surface area contributed by atoms with E-state index in [4.69, 9.17) is 0 Å². The Morgan fingerprint density at radius 3 is 2.65 bits per heavy atom. The highest BCUT2D eigenvalue weighted by Gasteiger charge is 2.14. The Kier molecular flexibility index (Phi) is 5.38. The van der Waals surface area contributed by atoms with Crippen LogP contribution in [-0.2, 0) is 6.42 Å². The molecule has 0 aliphatic heterocycles. The number of rotatable bonds is 5. The van der Waals surface area contributed by atoms with Gasteiger partial charge in [0.1, 0.15) is 0 Å². The number of nitrogens with one attached hydrogen (secondary N) is 1. The van der Waals surface area contributed by atoms with E-state index < -0.39 is 0 Å². The first-order valence-corrected chi connectivity index (χ1v) is 7.97. The zero-order chi connectivity index (χ0) is 14.5. The van der Waals surface area contributed by atoms with Gasteiger partial charge in [0.25, 0.3) is 0 Å². The molecule has 1 N–H and O–H groups in total. The molecule has 0 fully saturated rings. The van der Waals surface area contributed by atoms with Crippen molar-refractivity contribution in [3.63, 3.8) is 0 Å². The van der Waals surface area contributed by atoms with Crippen molar-refractivity contribution in [2.24, 2.45) is 0 Å². The third kappa shape index (κ3) is 3.50. The topological polar surface area (TPSA) is 12.0 Å². The predicted octanol–water partition coefficient (Wildman–Crippen LogP) is 5.02. The van der Waals surface area contributed by atoms with Crippen LogP contribution >= 0.6 is 15.9 Å². The fourth-order valence-electron chi connectivity index (χ4n) is 2.64. The SMILES string of the molecule is CCCc1cccc(C(NC)c2cc(Br)ccc2C)c1. The van der Waals surface area contributed by atoms with Crippen molar-refractivity contribution < 1.29 is 0 Å². The average molecular weight is 332 g/mol. The third-order valence-corrected chi connectivity index (χ3v) is 4.16. The lowest BCUT2D eigenvalue weighted by atomic mass is 9.93. The van der Waals surface area contributed by atoms with E-state index in [0.717, 1.165) is 10.9 Å². The maximum Gasteiger partial charge on any atom is 0.0577 e. The van der Waals surface area contributed by atoms with Crippen molar-refractivity contribution in [3.8, 4) is 0 Å². The molecule has 0 aromatic heterocycles. The monoisotopic (exact) mass is 331 g/mol. The van der Waals surface area contributed by atoms with Gasteiger partial charge >= 0.3 is 0 Å². The molecular formula is C18H22BrN. The summed E-state index contributed by atoms with van der Waals surface area (Å²) in [5.41, 5.74) is 5.39. The van der Waals surface area contributed by atoms with Crippen molar-refractivity contribution in [2.75, 3.05) is 7.05 Å². The Morgan fingerprint density at radius 2 is 1.95 bits per heavy atom. The van der Waals surface area contributed by atoms with Crippen LogP contribution in [0.3, 0.4) is 0 Å². The second-order valence-electron chi connectivity index (χ2n) is 5.22. The van der Waals surface area contributed by atoms with Crippen LogP contribution < -0.4 is 5.32 Å². The number of hydrogen-bond donors (Lipinski definition) is 1. The summed E-state index contributed by atoms with van der Waals surface area (Å²) in [7, 11) is 2.03. The molecule has 0 bridgehead atoms. The van der Waals surface area contributed by atoms with E-state index in [1.54, 1.807) is 0 Å². The Labute approximate surface area is 130 Å². The molecule has 2 rings (SSSR count). The molecule has 0 spiro atoms. The molecule has 2 heteroatoms. The molecule has 0 saturated carbocycles. The standard InChI is InChI=1S/C18H22BrN/c1-4-6-14-7-5-8-15(11-14)18(20-3)17-12-16(19)10-9-13(17)2/h5,7-12,18,20H,4,6H2,1-3H3. The summed E-state index contributed by atoms with van der Waals surface area (Å²) >= 11 is 3.58. The lowest BCUT2D eigenvalue weighted by Gasteiger charge is -2.20. The van der Waals surface area contributed by atoms with Crippen molar-refractivity contribution in [1.82, 2.24) is 5.32 Å². The molecule has 20 heavy (non-hydrogen) atoms. The average Bonchev–Trinajstić information content (AvgIpc) is 2.44. The van der Waals surface area contributed by atoms with Gasteiger partial charge in [-0.15, -0.1) is 0 Å².